The first kappa shape index (κ1) is 7.26. The second-order valence-electron chi connectivity index (χ2n) is 2.50. The van der Waals surface area contributed by atoms with Gasteiger partial charge in [0.1, 0.15) is 0 Å². The monoisotopic (exact) mass is 174 g/mol. The van der Waals surface area contributed by atoms with Gasteiger partial charge in [-0.05, 0) is 13.0 Å². The van der Waals surface area contributed by atoms with Gasteiger partial charge < -0.3 is 0 Å². The van der Waals surface area contributed by atoms with Gasteiger partial charge in [0.05, 0.1) is 21.8 Å². The molecule has 12 heavy (non-hydrogen) atoms. The van der Waals surface area contributed by atoms with Crippen LogP contribution < -0.4 is 0 Å². The molecule has 1 heterocycles. The molecule has 0 aliphatic heterocycles. The molecule has 0 N–H and O–H groups in total. The summed E-state index contributed by atoms with van der Waals surface area (Å²) in [5, 5.41) is 1.05. The number of nitrogens with zero attached hydrogens (tertiary/aromatic N) is 2. The molecule has 58 valence electrons. The summed E-state index contributed by atoms with van der Waals surface area (Å²) in [4.78, 5) is 7.64. The van der Waals surface area contributed by atoms with E-state index in [0.29, 0.717) is 5.69 Å². The van der Waals surface area contributed by atoms with E-state index >= 15 is 0 Å². The molecule has 0 bridgehead atoms. The van der Waals surface area contributed by atoms with Crippen LogP contribution in [-0.4, -0.2) is 4.98 Å². The Kier molecular flexibility index (Phi) is 1.56. The van der Waals surface area contributed by atoms with Gasteiger partial charge in [-0.3, -0.25) is 0 Å². The lowest BCUT2D eigenvalue weighted by molar-refractivity contribution is 1.35. The van der Waals surface area contributed by atoms with Crippen LogP contribution in [0.1, 0.15) is 5.01 Å². The number of hydrogen-bond acceptors (Lipinski definition) is 2. The average molecular weight is 174 g/mol. The minimum absolute atomic E-state index is 0.660. The Morgan fingerprint density at radius 1 is 1.50 bits per heavy atom. The second-order valence-corrected chi connectivity index (χ2v) is 3.73. The maximum absolute atomic E-state index is 6.83. The van der Waals surface area contributed by atoms with Gasteiger partial charge in [-0.1, -0.05) is 12.1 Å². The van der Waals surface area contributed by atoms with Crippen molar-refractivity contribution in [3.05, 3.63) is 34.6 Å². The first-order valence-corrected chi connectivity index (χ1v) is 4.36. The number of aryl methyl sites for hydroxylation is 1. The SMILES string of the molecule is [C-]#[N+]c1ccc2sc(C)nc2c1. The third kappa shape index (κ3) is 1.06. The van der Waals surface area contributed by atoms with Gasteiger partial charge in [0, 0.05) is 0 Å². The van der Waals surface area contributed by atoms with E-state index in [9.17, 15) is 0 Å². The Bertz CT molecular complexity index is 465. The number of fused-ring (bicyclic) bond motifs is 1. The molecule has 0 atom stereocenters. The fourth-order valence-corrected chi connectivity index (χ4v) is 1.91. The van der Waals surface area contributed by atoms with Crippen LogP contribution in [0.3, 0.4) is 0 Å². The molecule has 0 fully saturated rings. The van der Waals surface area contributed by atoms with E-state index in [4.69, 9.17) is 6.57 Å². The second kappa shape index (κ2) is 2.58. The molecule has 2 aromatic rings. The molecule has 0 aliphatic rings. The third-order valence-corrected chi connectivity index (χ3v) is 2.56. The number of benzene rings is 1. The average Bonchev–Trinajstić information content (AvgIpc) is 2.43. The highest BCUT2D eigenvalue weighted by Crippen LogP contribution is 2.25. The predicted molar refractivity (Wildman–Crippen MR) is 50.6 cm³/mol. The number of hydrogen-bond donors (Lipinski definition) is 0. The molecule has 0 amide bonds. The molecule has 0 saturated heterocycles. The van der Waals surface area contributed by atoms with Crippen LogP contribution in [0.2, 0.25) is 0 Å². The van der Waals surface area contributed by atoms with E-state index in [0.717, 1.165) is 15.2 Å². The normalized spacial score (nSPS) is 10.0. The number of rotatable bonds is 0. The fourth-order valence-electron chi connectivity index (χ4n) is 1.10. The minimum atomic E-state index is 0.660. The fraction of sp³-hybridized carbons (Fsp3) is 0.111. The van der Waals surface area contributed by atoms with Gasteiger partial charge >= 0.3 is 0 Å². The first-order chi connectivity index (χ1) is 5.79. The molecule has 3 heteroatoms. The zero-order chi connectivity index (χ0) is 8.55. The van der Waals surface area contributed by atoms with Crippen molar-refractivity contribution in [3.63, 3.8) is 0 Å². The topological polar surface area (TPSA) is 17.2 Å². The molecule has 0 spiro atoms. The van der Waals surface area contributed by atoms with Crippen molar-refractivity contribution in [1.82, 2.24) is 4.98 Å². The van der Waals surface area contributed by atoms with Gasteiger partial charge in [0.15, 0.2) is 5.69 Å². The largest absolute Gasteiger partial charge is 0.243 e. The van der Waals surface area contributed by atoms with E-state index in [1.165, 1.54) is 0 Å². The Morgan fingerprint density at radius 2 is 2.33 bits per heavy atom. The van der Waals surface area contributed by atoms with E-state index < -0.39 is 0 Å². The van der Waals surface area contributed by atoms with E-state index in [1.54, 1.807) is 11.3 Å². The molecule has 1 aromatic heterocycles. The Hall–Kier alpha value is -1.40. The van der Waals surface area contributed by atoms with E-state index in [-0.39, 0.29) is 0 Å². The maximum atomic E-state index is 6.83. The van der Waals surface area contributed by atoms with Crippen molar-refractivity contribution in [2.75, 3.05) is 0 Å². The highest BCUT2D eigenvalue weighted by atomic mass is 32.1. The molecular weight excluding hydrogens is 168 g/mol. The summed E-state index contributed by atoms with van der Waals surface area (Å²) in [6.07, 6.45) is 0. The zero-order valence-electron chi connectivity index (χ0n) is 6.53. The van der Waals surface area contributed by atoms with Crippen LogP contribution in [0.15, 0.2) is 18.2 Å². The van der Waals surface area contributed by atoms with Crippen LogP contribution in [0.4, 0.5) is 5.69 Å². The summed E-state index contributed by atoms with van der Waals surface area (Å²) >= 11 is 1.66. The Labute approximate surface area is 74.3 Å². The standard InChI is InChI=1S/C9H6N2S/c1-6-11-8-5-7(10-2)3-4-9(8)12-6/h3-5H,1H3. The van der Waals surface area contributed by atoms with Crippen LogP contribution >= 0.6 is 11.3 Å². The van der Waals surface area contributed by atoms with Gasteiger partial charge in [-0.25, -0.2) is 9.83 Å². The van der Waals surface area contributed by atoms with Crippen molar-refractivity contribution in [1.29, 1.82) is 0 Å². The van der Waals surface area contributed by atoms with Crippen LogP contribution in [0.5, 0.6) is 0 Å². The molecular formula is C9H6N2S. The number of thiazole rings is 1. The Morgan fingerprint density at radius 3 is 3.08 bits per heavy atom. The molecule has 2 rings (SSSR count). The lowest BCUT2D eigenvalue weighted by atomic mass is 10.3. The molecule has 2 nitrogen and oxygen atoms in total. The molecule has 0 aliphatic carbocycles. The number of aromatic nitrogens is 1. The summed E-state index contributed by atoms with van der Waals surface area (Å²) in [5.74, 6) is 0. The van der Waals surface area contributed by atoms with Crippen molar-refractivity contribution < 1.29 is 0 Å². The maximum Gasteiger partial charge on any atom is 0.189 e. The molecule has 1 aromatic carbocycles. The van der Waals surface area contributed by atoms with Crippen LogP contribution in [-0.2, 0) is 0 Å². The van der Waals surface area contributed by atoms with Crippen molar-refractivity contribution in [2.45, 2.75) is 6.92 Å². The summed E-state index contributed by atoms with van der Waals surface area (Å²) < 4.78 is 1.15. The van der Waals surface area contributed by atoms with Gasteiger partial charge in [-0.2, -0.15) is 0 Å². The van der Waals surface area contributed by atoms with Crippen LogP contribution in [0, 0.1) is 13.5 Å². The summed E-state index contributed by atoms with van der Waals surface area (Å²) in [6.45, 7) is 8.80. The highest BCUT2D eigenvalue weighted by molar-refractivity contribution is 7.18. The summed E-state index contributed by atoms with van der Waals surface area (Å²) in [6, 6.07) is 5.60. The summed E-state index contributed by atoms with van der Waals surface area (Å²) in [5.41, 5.74) is 1.60. The lowest BCUT2D eigenvalue weighted by Gasteiger charge is -1.86. The molecule has 0 radical (unpaired) electrons. The van der Waals surface area contributed by atoms with Crippen molar-refractivity contribution >= 4 is 27.2 Å². The lowest BCUT2D eigenvalue weighted by Crippen LogP contribution is -1.66. The van der Waals surface area contributed by atoms with Crippen molar-refractivity contribution in [2.24, 2.45) is 0 Å². The Balaban J connectivity index is 2.77. The van der Waals surface area contributed by atoms with E-state index in [1.807, 2.05) is 25.1 Å². The molecule has 0 unspecified atom stereocenters. The first-order valence-electron chi connectivity index (χ1n) is 3.54. The van der Waals surface area contributed by atoms with Gasteiger partial charge in [0.25, 0.3) is 0 Å². The van der Waals surface area contributed by atoms with Crippen LogP contribution in [0.25, 0.3) is 15.1 Å². The van der Waals surface area contributed by atoms with E-state index in [2.05, 4.69) is 9.83 Å². The minimum Gasteiger partial charge on any atom is -0.243 e. The zero-order valence-corrected chi connectivity index (χ0v) is 7.35. The molecule has 0 saturated carbocycles. The third-order valence-electron chi connectivity index (χ3n) is 1.61. The van der Waals surface area contributed by atoms with Crippen molar-refractivity contribution in [3.8, 4) is 0 Å². The summed E-state index contributed by atoms with van der Waals surface area (Å²) in [7, 11) is 0. The van der Waals surface area contributed by atoms with Gasteiger partial charge in [-0.15, -0.1) is 11.3 Å². The van der Waals surface area contributed by atoms with Gasteiger partial charge in [0.2, 0.25) is 0 Å². The smallest absolute Gasteiger partial charge is 0.189 e. The quantitative estimate of drug-likeness (QED) is 0.561. The highest BCUT2D eigenvalue weighted by Gasteiger charge is 1.99. The predicted octanol–water partition coefficient (Wildman–Crippen LogP) is 3.16.